The van der Waals surface area contributed by atoms with Gasteiger partial charge in [-0.25, -0.2) is 4.39 Å². The average molecular weight is 233 g/mol. The summed E-state index contributed by atoms with van der Waals surface area (Å²) >= 11 is 0. The molecule has 0 fully saturated rings. The van der Waals surface area contributed by atoms with Crippen molar-refractivity contribution < 1.29 is 17.6 Å². The second kappa shape index (κ2) is 4.65. The van der Waals surface area contributed by atoms with Gasteiger partial charge in [-0.15, -0.1) is 6.58 Å². The normalized spacial score (nSPS) is 13.6. The molecule has 0 aliphatic rings. The molecule has 0 heterocycles. The van der Waals surface area contributed by atoms with E-state index in [9.17, 15) is 17.6 Å². The lowest BCUT2D eigenvalue weighted by molar-refractivity contribution is -0.140. The van der Waals surface area contributed by atoms with Crippen LogP contribution < -0.4 is 5.73 Å². The van der Waals surface area contributed by atoms with Gasteiger partial charge in [-0.2, -0.15) is 13.2 Å². The van der Waals surface area contributed by atoms with Crippen LogP contribution >= 0.6 is 0 Å². The number of nitrogens with two attached hydrogens (primary N) is 1. The van der Waals surface area contributed by atoms with Crippen LogP contribution in [0.3, 0.4) is 0 Å². The fourth-order valence-electron chi connectivity index (χ4n) is 1.31. The zero-order chi connectivity index (χ0) is 12.3. The summed E-state index contributed by atoms with van der Waals surface area (Å²) in [5.74, 6) is -1.30. The molecule has 0 bridgehead atoms. The minimum atomic E-state index is -4.68. The van der Waals surface area contributed by atoms with Crippen LogP contribution in [0.5, 0.6) is 0 Å². The van der Waals surface area contributed by atoms with E-state index in [-0.39, 0.29) is 0 Å². The first kappa shape index (κ1) is 12.7. The number of alkyl halides is 3. The Bertz CT molecular complexity index is 384. The van der Waals surface area contributed by atoms with Gasteiger partial charge in [-0.1, -0.05) is 12.1 Å². The van der Waals surface area contributed by atoms with E-state index >= 15 is 0 Å². The molecule has 0 aliphatic carbocycles. The van der Waals surface area contributed by atoms with Crippen LogP contribution in [-0.2, 0) is 6.18 Å². The lowest BCUT2D eigenvalue weighted by Gasteiger charge is -2.12. The molecule has 1 rings (SSSR count). The lowest BCUT2D eigenvalue weighted by Crippen LogP contribution is -2.12. The van der Waals surface area contributed by atoms with Crippen LogP contribution in [-0.4, -0.2) is 0 Å². The van der Waals surface area contributed by atoms with E-state index in [2.05, 4.69) is 6.58 Å². The van der Waals surface area contributed by atoms with Gasteiger partial charge in [0.2, 0.25) is 0 Å². The Labute approximate surface area is 90.6 Å². The van der Waals surface area contributed by atoms with Crippen molar-refractivity contribution in [1.82, 2.24) is 0 Å². The zero-order valence-corrected chi connectivity index (χ0v) is 8.39. The molecule has 0 unspecified atom stereocenters. The molecule has 1 aromatic rings. The molecule has 0 amide bonds. The summed E-state index contributed by atoms with van der Waals surface area (Å²) < 4.78 is 49.9. The Morgan fingerprint density at radius 1 is 1.38 bits per heavy atom. The number of halogens is 4. The summed E-state index contributed by atoms with van der Waals surface area (Å²) in [6.07, 6.45) is -2.77. The van der Waals surface area contributed by atoms with Gasteiger partial charge in [0.1, 0.15) is 5.82 Å². The first-order chi connectivity index (χ1) is 7.36. The van der Waals surface area contributed by atoms with Gasteiger partial charge < -0.3 is 5.73 Å². The van der Waals surface area contributed by atoms with E-state index < -0.39 is 23.6 Å². The summed E-state index contributed by atoms with van der Waals surface area (Å²) in [5.41, 5.74) is 4.66. The maximum atomic E-state index is 13.1. The van der Waals surface area contributed by atoms with Crippen molar-refractivity contribution in [2.24, 2.45) is 5.73 Å². The highest BCUT2D eigenvalue weighted by Gasteiger charge is 2.34. The molecule has 0 saturated heterocycles. The van der Waals surface area contributed by atoms with E-state index in [0.717, 1.165) is 6.07 Å². The molecule has 0 aliphatic heterocycles. The van der Waals surface area contributed by atoms with Gasteiger partial charge in [-0.05, 0) is 24.1 Å². The van der Waals surface area contributed by atoms with Gasteiger partial charge in [0.05, 0.1) is 5.56 Å². The van der Waals surface area contributed by atoms with Crippen LogP contribution in [0.2, 0.25) is 0 Å². The Balaban J connectivity index is 3.04. The summed E-state index contributed by atoms with van der Waals surface area (Å²) in [7, 11) is 0. The first-order valence-electron chi connectivity index (χ1n) is 4.59. The maximum absolute atomic E-state index is 13.1. The second-order valence-electron chi connectivity index (χ2n) is 3.37. The third kappa shape index (κ3) is 2.82. The van der Waals surface area contributed by atoms with E-state index in [1.807, 2.05) is 0 Å². The van der Waals surface area contributed by atoms with Gasteiger partial charge in [-0.3, -0.25) is 0 Å². The molecule has 16 heavy (non-hydrogen) atoms. The van der Waals surface area contributed by atoms with Gasteiger partial charge in [0.15, 0.2) is 0 Å². The van der Waals surface area contributed by atoms with E-state index in [1.54, 1.807) is 0 Å². The average Bonchev–Trinajstić information content (AvgIpc) is 2.16. The summed E-state index contributed by atoms with van der Waals surface area (Å²) in [6.45, 7) is 3.45. The fraction of sp³-hybridized carbons (Fsp3) is 0.273. The van der Waals surface area contributed by atoms with Crippen molar-refractivity contribution in [3.63, 3.8) is 0 Å². The maximum Gasteiger partial charge on any atom is 0.419 e. The van der Waals surface area contributed by atoms with Crippen LogP contribution in [0.4, 0.5) is 17.6 Å². The Kier molecular flexibility index (Phi) is 3.70. The first-order valence-corrected chi connectivity index (χ1v) is 4.59. The van der Waals surface area contributed by atoms with E-state index in [1.165, 1.54) is 12.1 Å². The molecular formula is C11H11F4N. The number of hydrogen-bond donors (Lipinski definition) is 1. The van der Waals surface area contributed by atoms with Crippen molar-refractivity contribution in [1.29, 1.82) is 0 Å². The van der Waals surface area contributed by atoms with Crippen LogP contribution in [0.15, 0.2) is 30.9 Å². The van der Waals surface area contributed by atoms with Crippen LogP contribution in [0, 0.1) is 5.82 Å². The van der Waals surface area contributed by atoms with Crippen molar-refractivity contribution >= 4 is 0 Å². The number of rotatable bonds is 3. The molecule has 2 N–H and O–H groups in total. The highest BCUT2D eigenvalue weighted by atomic mass is 19.4. The molecule has 0 radical (unpaired) electrons. The SMILES string of the molecule is C=CC[C@@H](N)c1ccc(C(F)(F)F)c(F)c1. The fourth-order valence-corrected chi connectivity index (χ4v) is 1.31. The minimum Gasteiger partial charge on any atom is -0.324 e. The third-order valence-electron chi connectivity index (χ3n) is 2.15. The van der Waals surface area contributed by atoms with Crippen LogP contribution in [0.25, 0.3) is 0 Å². The van der Waals surface area contributed by atoms with Gasteiger partial charge in [0, 0.05) is 6.04 Å². The van der Waals surface area contributed by atoms with E-state index in [0.29, 0.717) is 18.1 Å². The van der Waals surface area contributed by atoms with Crippen LogP contribution in [0.1, 0.15) is 23.6 Å². The van der Waals surface area contributed by atoms with E-state index in [4.69, 9.17) is 5.73 Å². The summed E-state index contributed by atoms with van der Waals surface area (Å²) in [6, 6.07) is 2.17. The predicted molar refractivity (Wildman–Crippen MR) is 53.1 cm³/mol. The quantitative estimate of drug-likeness (QED) is 0.628. The highest BCUT2D eigenvalue weighted by molar-refractivity contribution is 5.28. The molecule has 0 saturated carbocycles. The van der Waals surface area contributed by atoms with Crippen molar-refractivity contribution in [3.05, 3.63) is 47.8 Å². The Morgan fingerprint density at radius 2 is 2.00 bits per heavy atom. The largest absolute Gasteiger partial charge is 0.419 e. The number of hydrogen-bond acceptors (Lipinski definition) is 1. The molecular weight excluding hydrogens is 222 g/mol. The molecule has 1 aromatic carbocycles. The van der Waals surface area contributed by atoms with Gasteiger partial charge in [0.25, 0.3) is 0 Å². The standard InChI is InChI=1S/C11H11F4N/c1-2-3-10(16)7-4-5-8(9(12)6-7)11(13,14)15/h2,4-6,10H,1,3,16H2/t10-/m1/s1. The second-order valence-corrected chi connectivity index (χ2v) is 3.37. The lowest BCUT2D eigenvalue weighted by atomic mass is 10.0. The van der Waals surface area contributed by atoms with Crippen molar-refractivity contribution in [2.75, 3.05) is 0 Å². The predicted octanol–water partition coefficient (Wildman–Crippen LogP) is 3.42. The molecule has 1 atom stereocenters. The monoisotopic (exact) mass is 233 g/mol. The Hall–Kier alpha value is -1.36. The highest BCUT2D eigenvalue weighted by Crippen LogP contribution is 2.32. The smallest absolute Gasteiger partial charge is 0.324 e. The molecule has 88 valence electrons. The van der Waals surface area contributed by atoms with Crippen molar-refractivity contribution in [2.45, 2.75) is 18.6 Å². The zero-order valence-electron chi connectivity index (χ0n) is 8.39. The van der Waals surface area contributed by atoms with Crippen molar-refractivity contribution in [3.8, 4) is 0 Å². The topological polar surface area (TPSA) is 26.0 Å². The molecule has 5 heteroatoms. The molecule has 0 aromatic heterocycles. The number of benzene rings is 1. The third-order valence-corrected chi connectivity index (χ3v) is 2.15. The molecule has 1 nitrogen and oxygen atoms in total. The van der Waals surface area contributed by atoms with Gasteiger partial charge >= 0.3 is 6.18 Å². The Morgan fingerprint density at radius 3 is 2.44 bits per heavy atom. The molecule has 0 spiro atoms. The summed E-state index contributed by atoms with van der Waals surface area (Å²) in [4.78, 5) is 0. The summed E-state index contributed by atoms with van der Waals surface area (Å²) in [5, 5.41) is 0. The minimum absolute atomic E-state index is 0.324.